The number of nitrogens with one attached hydrogen (secondary N) is 1. The van der Waals surface area contributed by atoms with E-state index in [1.54, 1.807) is 0 Å². The van der Waals surface area contributed by atoms with E-state index >= 15 is 0 Å². The normalized spacial score (nSPS) is 17.7. The molecule has 0 saturated carbocycles. The van der Waals surface area contributed by atoms with Gasteiger partial charge in [0.25, 0.3) is 0 Å². The summed E-state index contributed by atoms with van der Waals surface area (Å²) in [6.07, 6.45) is 0.792. The molecule has 0 aliphatic carbocycles. The zero-order valence-electron chi connectivity index (χ0n) is 10.0. The lowest BCUT2D eigenvalue weighted by Gasteiger charge is -2.26. The second kappa shape index (κ2) is 3.94. The van der Waals surface area contributed by atoms with Crippen molar-refractivity contribution in [3.63, 3.8) is 0 Å². The molecule has 2 aromatic rings. The summed E-state index contributed by atoms with van der Waals surface area (Å²) in [4.78, 5) is 25.2. The first-order valence-electron chi connectivity index (χ1n) is 5.95. The van der Waals surface area contributed by atoms with Gasteiger partial charge in [-0.2, -0.15) is 5.10 Å². The molecule has 92 valence electrons. The number of hydrogen-bond acceptors (Lipinski definition) is 3. The molecule has 1 aliphatic rings. The summed E-state index contributed by atoms with van der Waals surface area (Å²) in [5.41, 5.74) is 0.826. The maximum Gasteiger partial charge on any atom is 0.235 e. The topological polar surface area (TPSA) is 66.1 Å². The van der Waals surface area contributed by atoms with Gasteiger partial charge in [-0.05, 0) is 18.1 Å². The van der Waals surface area contributed by atoms with Crippen LogP contribution in [0.15, 0.2) is 24.3 Å². The van der Waals surface area contributed by atoms with Crippen LogP contribution in [0.25, 0.3) is 10.9 Å². The van der Waals surface area contributed by atoms with Gasteiger partial charge in [0.15, 0.2) is 5.82 Å². The zero-order valence-corrected chi connectivity index (χ0v) is 10.0. The average molecular weight is 243 g/mol. The summed E-state index contributed by atoms with van der Waals surface area (Å²) < 4.78 is 0. The van der Waals surface area contributed by atoms with Crippen LogP contribution < -0.4 is 4.90 Å². The number of piperidine rings is 1. The highest BCUT2D eigenvalue weighted by molar-refractivity contribution is 6.19. The van der Waals surface area contributed by atoms with Gasteiger partial charge >= 0.3 is 0 Å². The fourth-order valence-corrected chi connectivity index (χ4v) is 2.35. The second-order valence-corrected chi connectivity index (χ2v) is 4.73. The predicted molar refractivity (Wildman–Crippen MR) is 67.0 cm³/mol. The fraction of sp³-hybridized carbons (Fsp3) is 0.308. The molecule has 1 saturated heterocycles. The first-order valence-corrected chi connectivity index (χ1v) is 5.95. The molecule has 1 N–H and O–H groups in total. The van der Waals surface area contributed by atoms with Gasteiger partial charge in [0, 0.05) is 18.2 Å². The summed E-state index contributed by atoms with van der Waals surface area (Å²) in [6, 6.07) is 7.47. The van der Waals surface area contributed by atoms with Crippen LogP contribution >= 0.6 is 0 Å². The summed E-state index contributed by atoms with van der Waals surface area (Å²) >= 11 is 0. The predicted octanol–water partition coefficient (Wildman–Crippen LogP) is 1.85. The van der Waals surface area contributed by atoms with Crippen LogP contribution in [0.2, 0.25) is 0 Å². The number of amides is 2. The quantitative estimate of drug-likeness (QED) is 0.777. The minimum Gasteiger partial charge on any atom is -0.276 e. The van der Waals surface area contributed by atoms with E-state index in [9.17, 15) is 9.59 Å². The Hall–Kier alpha value is -2.17. The Balaban J connectivity index is 2.09. The van der Waals surface area contributed by atoms with E-state index < -0.39 is 0 Å². The third-order valence-electron chi connectivity index (χ3n) is 3.21. The molecule has 0 bridgehead atoms. The van der Waals surface area contributed by atoms with E-state index in [1.807, 2.05) is 31.2 Å². The summed E-state index contributed by atoms with van der Waals surface area (Å²) in [5, 5.41) is 7.75. The summed E-state index contributed by atoms with van der Waals surface area (Å²) in [6.45, 7) is 1.91. The number of carbonyl (C=O) groups excluding carboxylic acids is 2. The van der Waals surface area contributed by atoms with Crippen LogP contribution in [-0.2, 0) is 9.59 Å². The number of nitrogens with zero attached hydrogens (tertiary/aromatic N) is 2. The number of imide groups is 1. The van der Waals surface area contributed by atoms with Crippen molar-refractivity contribution >= 4 is 28.5 Å². The number of aromatic amines is 1. The van der Waals surface area contributed by atoms with Gasteiger partial charge < -0.3 is 0 Å². The number of anilines is 1. The molecule has 18 heavy (non-hydrogen) atoms. The van der Waals surface area contributed by atoms with Gasteiger partial charge in [0.2, 0.25) is 11.8 Å². The number of H-pyrrole nitrogens is 1. The van der Waals surface area contributed by atoms with Gasteiger partial charge in [-0.1, -0.05) is 19.1 Å². The van der Waals surface area contributed by atoms with Crippen molar-refractivity contribution in [3.05, 3.63) is 24.3 Å². The average Bonchev–Trinajstić information content (AvgIpc) is 2.72. The van der Waals surface area contributed by atoms with Crippen LogP contribution in [0.3, 0.4) is 0 Å². The largest absolute Gasteiger partial charge is 0.276 e. The van der Waals surface area contributed by atoms with Crippen molar-refractivity contribution in [2.75, 3.05) is 4.90 Å². The molecule has 0 radical (unpaired) electrons. The smallest absolute Gasteiger partial charge is 0.235 e. The van der Waals surface area contributed by atoms with Crippen LogP contribution in [0, 0.1) is 5.92 Å². The second-order valence-electron chi connectivity index (χ2n) is 4.73. The van der Waals surface area contributed by atoms with E-state index in [4.69, 9.17) is 0 Å². The standard InChI is InChI=1S/C13H13N3O2/c1-8-6-11(17)16(12(18)7-8)13-9-4-2-3-5-10(9)14-15-13/h2-5,8H,6-7H2,1H3,(H,14,15). The number of rotatable bonds is 1. The Kier molecular flexibility index (Phi) is 2.40. The summed E-state index contributed by atoms with van der Waals surface area (Å²) in [7, 11) is 0. The first-order chi connectivity index (χ1) is 8.66. The molecule has 1 aromatic heterocycles. The SMILES string of the molecule is CC1CC(=O)N(c2n[nH]c3ccccc23)C(=O)C1. The Morgan fingerprint density at radius 3 is 2.61 bits per heavy atom. The number of fused-ring (bicyclic) bond motifs is 1. The Bertz CT molecular complexity index is 614. The Morgan fingerprint density at radius 1 is 1.22 bits per heavy atom. The third-order valence-corrected chi connectivity index (χ3v) is 3.21. The van der Waals surface area contributed by atoms with Gasteiger partial charge in [0.05, 0.1) is 5.52 Å². The first kappa shape index (κ1) is 11.0. The monoisotopic (exact) mass is 243 g/mol. The molecule has 0 atom stereocenters. The summed E-state index contributed by atoms with van der Waals surface area (Å²) in [5.74, 6) is 0.200. The van der Waals surface area contributed by atoms with Crippen LogP contribution in [-0.4, -0.2) is 22.0 Å². The van der Waals surface area contributed by atoms with Gasteiger partial charge in [-0.15, -0.1) is 0 Å². The molecule has 0 unspecified atom stereocenters. The van der Waals surface area contributed by atoms with E-state index in [0.29, 0.717) is 18.7 Å². The van der Waals surface area contributed by atoms with E-state index in [0.717, 1.165) is 10.9 Å². The van der Waals surface area contributed by atoms with E-state index in [2.05, 4.69) is 10.2 Å². The molecule has 2 amide bonds. The molecular weight excluding hydrogens is 230 g/mol. The third kappa shape index (κ3) is 1.59. The molecule has 1 fully saturated rings. The highest BCUT2D eigenvalue weighted by atomic mass is 16.2. The minimum absolute atomic E-state index is 0.117. The Morgan fingerprint density at radius 2 is 1.89 bits per heavy atom. The molecule has 5 heteroatoms. The molecular formula is C13H13N3O2. The van der Waals surface area contributed by atoms with Crippen molar-refractivity contribution in [1.29, 1.82) is 0 Å². The van der Waals surface area contributed by atoms with Gasteiger partial charge in [0.1, 0.15) is 0 Å². The lowest BCUT2D eigenvalue weighted by molar-refractivity contribution is -0.130. The van der Waals surface area contributed by atoms with Crippen molar-refractivity contribution < 1.29 is 9.59 Å². The van der Waals surface area contributed by atoms with Crippen molar-refractivity contribution in [2.24, 2.45) is 5.92 Å². The van der Waals surface area contributed by atoms with Crippen molar-refractivity contribution in [3.8, 4) is 0 Å². The number of carbonyl (C=O) groups is 2. The molecule has 1 aliphatic heterocycles. The molecule has 0 spiro atoms. The lowest BCUT2D eigenvalue weighted by atomic mass is 9.97. The zero-order chi connectivity index (χ0) is 12.7. The lowest BCUT2D eigenvalue weighted by Crippen LogP contribution is -2.43. The maximum absolute atomic E-state index is 12.0. The Labute approximate surface area is 104 Å². The molecule has 1 aromatic carbocycles. The number of aromatic nitrogens is 2. The highest BCUT2D eigenvalue weighted by Gasteiger charge is 2.33. The van der Waals surface area contributed by atoms with Crippen molar-refractivity contribution in [2.45, 2.75) is 19.8 Å². The maximum atomic E-state index is 12.0. The van der Waals surface area contributed by atoms with E-state index in [1.165, 1.54) is 4.90 Å². The molecule has 2 heterocycles. The number of hydrogen-bond donors (Lipinski definition) is 1. The molecule has 5 nitrogen and oxygen atoms in total. The van der Waals surface area contributed by atoms with Gasteiger partial charge in [-0.25, -0.2) is 4.90 Å². The highest BCUT2D eigenvalue weighted by Crippen LogP contribution is 2.29. The van der Waals surface area contributed by atoms with Crippen molar-refractivity contribution in [1.82, 2.24) is 10.2 Å². The number of para-hydroxylation sites is 1. The fourth-order valence-electron chi connectivity index (χ4n) is 2.35. The van der Waals surface area contributed by atoms with Gasteiger partial charge in [-0.3, -0.25) is 14.7 Å². The number of benzene rings is 1. The minimum atomic E-state index is -0.170. The van der Waals surface area contributed by atoms with Crippen LogP contribution in [0.5, 0.6) is 0 Å². The van der Waals surface area contributed by atoms with Crippen LogP contribution in [0.1, 0.15) is 19.8 Å². The van der Waals surface area contributed by atoms with Crippen LogP contribution in [0.4, 0.5) is 5.82 Å². The molecule has 3 rings (SSSR count). The van der Waals surface area contributed by atoms with E-state index in [-0.39, 0.29) is 17.7 Å².